The molecule has 2 aromatic rings. The largest absolute Gasteiger partial charge is 0.324 e. The van der Waals surface area contributed by atoms with Gasteiger partial charge in [-0.15, -0.1) is 0 Å². The van der Waals surface area contributed by atoms with Crippen LogP contribution in [0.4, 0.5) is 4.39 Å². The van der Waals surface area contributed by atoms with Gasteiger partial charge in [0.15, 0.2) is 0 Å². The molecule has 2 aromatic carbocycles. The lowest BCUT2D eigenvalue weighted by Gasteiger charge is -2.14. The normalized spacial score (nSPS) is 12.4. The zero-order chi connectivity index (χ0) is 13.1. The van der Waals surface area contributed by atoms with Crippen molar-refractivity contribution in [2.45, 2.75) is 12.5 Å². The van der Waals surface area contributed by atoms with Gasteiger partial charge in [0.1, 0.15) is 5.82 Å². The van der Waals surface area contributed by atoms with Crippen LogP contribution < -0.4 is 5.73 Å². The van der Waals surface area contributed by atoms with Crippen molar-refractivity contribution in [1.29, 1.82) is 0 Å². The second-order valence-corrected chi connectivity index (χ2v) is 4.95. The molecule has 94 valence electrons. The van der Waals surface area contributed by atoms with Gasteiger partial charge in [0.25, 0.3) is 0 Å². The lowest BCUT2D eigenvalue weighted by molar-refractivity contribution is 0.624. The standard InChI is InChI=1S/C14H12Cl2FN/c15-10-3-1-9(2-4-10)7-14(18)12-6-5-11(17)8-13(12)16/h1-6,8,14H,7,18H2. The molecule has 0 bridgehead atoms. The summed E-state index contributed by atoms with van der Waals surface area (Å²) in [6.07, 6.45) is 0.628. The fraction of sp³-hybridized carbons (Fsp3) is 0.143. The molecule has 1 atom stereocenters. The van der Waals surface area contributed by atoms with Crippen molar-refractivity contribution in [2.75, 3.05) is 0 Å². The van der Waals surface area contributed by atoms with Gasteiger partial charge in [-0.25, -0.2) is 4.39 Å². The van der Waals surface area contributed by atoms with Crippen LogP contribution in [-0.2, 0) is 6.42 Å². The Labute approximate surface area is 115 Å². The molecule has 0 radical (unpaired) electrons. The quantitative estimate of drug-likeness (QED) is 0.889. The smallest absolute Gasteiger partial charge is 0.124 e. The molecule has 0 saturated carbocycles. The molecule has 18 heavy (non-hydrogen) atoms. The summed E-state index contributed by atoms with van der Waals surface area (Å²) in [5, 5.41) is 1.04. The van der Waals surface area contributed by atoms with E-state index in [0.29, 0.717) is 16.5 Å². The Morgan fingerprint density at radius 1 is 1.06 bits per heavy atom. The molecule has 2 rings (SSSR count). The minimum absolute atomic E-state index is 0.265. The first-order valence-corrected chi connectivity index (χ1v) is 6.27. The van der Waals surface area contributed by atoms with E-state index in [1.807, 2.05) is 24.3 Å². The van der Waals surface area contributed by atoms with E-state index in [1.165, 1.54) is 12.1 Å². The summed E-state index contributed by atoms with van der Waals surface area (Å²) in [6.45, 7) is 0. The molecular formula is C14H12Cl2FN. The Hall–Kier alpha value is -1.09. The first-order chi connectivity index (χ1) is 8.56. The Balaban J connectivity index is 2.16. The summed E-state index contributed by atoms with van der Waals surface area (Å²) in [7, 11) is 0. The highest BCUT2D eigenvalue weighted by Crippen LogP contribution is 2.25. The average molecular weight is 284 g/mol. The zero-order valence-corrected chi connectivity index (χ0v) is 11.0. The molecule has 1 unspecified atom stereocenters. The van der Waals surface area contributed by atoms with Gasteiger partial charge in [-0.2, -0.15) is 0 Å². The highest BCUT2D eigenvalue weighted by atomic mass is 35.5. The first kappa shape index (κ1) is 13.3. The van der Waals surface area contributed by atoms with Crippen LogP contribution in [0.15, 0.2) is 42.5 Å². The molecule has 4 heteroatoms. The Morgan fingerprint density at radius 3 is 2.33 bits per heavy atom. The van der Waals surface area contributed by atoms with E-state index < -0.39 is 0 Å². The van der Waals surface area contributed by atoms with Gasteiger partial charge in [-0.3, -0.25) is 0 Å². The van der Waals surface area contributed by atoms with Crippen LogP contribution in [0.3, 0.4) is 0 Å². The van der Waals surface area contributed by atoms with E-state index in [2.05, 4.69) is 0 Å². The number of rotatable bonds is 3. The van der Waals surface area contributed by atoms with Gasteiger partial charge >= 0.3 is 0 Å². The Kier molecular flexibility index (Phi) is 4.23. The topological polar surface area (TPSA) is 26.0 Å². The molecule has 0 fully saturated rings. The van der Waals surface area contributed by atoms with Crippen LogP contribution in [0.2, 0.25) is 10.0 Å². The number of benzene rings is 2. The molecule has 0 aliphatic carbocycles. The van der Waals surface area contributed by atoms with Crippen molar-refractivity contribution < 1.29 is 4.39 Å². The van der Waals surface area contributed by atoms with Crippen molar-refractivity contribution in [3.63, 3.8) is 0 Å². The minimum atomic E-state index is -0.359. The number of hydrogen-bond donors (Lipinski definition) is 1. The molecule has 0 spiro atoms. The van der Waals surface area contributed by atoms with Crippen molar-refractivity contribution in [3.8, 4) is 0 Å². The van der Waals surface area contributed by atoms with Crippen LogP contribution in [0.1, 0.15) is 17.2 Å². The van der Waals surface area contributed by atoms with Gasteiger partial charge in [-0.1, -0.05) is 41.4 Å². The maximum absolute atomic E-state index is 12.9. The maximum atomic E-state index is 12.9. The fourth-order valence-corrected chi connectivity index (χ4v) is 2.22. The summed E-state index contributed by atoms with van der Waals surface area (Å²) >= 11 is 11.8. The van der Waals surface area contributed by atoms with Crippen molar-refractivity contribution >= 4 is 23.2 Å². The zero-order valence-electron chi connectivity index (χ0n) is 9.54. The number of hydrogen-bond acceptors (Lipinski definition) is 1. The highest BCUT2D eigenvalue weighted by molar-refractivity contribution is 6.31. The van der Waals surface area contributed by atoms with E-state index >= 15 is 0 Å². The summed E-state index contributed by atoms with van der Waals surface area (Å²) in [5.41, 5.74) is 7.88. The van der Waals surface area contributed by atoms with Gasteiger partial charge in [0, 0.05) is 16.1 Å². The molecule has 0 amide bonds. The van der Waals surface area contributed by atoms with Crippen LogP contribution in [-0.4, -0.2) is 0 Å². The van der Waals surface area contributed by atoms with Gasteiger partial charge < -0.3 is 5.73 Å². The summed E-state index contributed by atoms with van der Waals surface area (Å²) < 4.78 is 12.9. The van der Waals surface area contributed by atoms with E-state index in [4.69, 9.17) is 28.9 Å². The molecular weight excluding hydrogens is 272 g/mol. The molecule has 2 N–H and O–H groups in total. The second-order valence-electron chi connectivity index (χ2n) is 4.10. The molecule has 1 nitrogen and oxygen atoms in total. The second kappa shape index (κ2) is 5.70. The third kappa shape index (κ3) is 3.22. The molecule has 0 aliphatic rings. The summed E-state index contributed by atoms with van der Waals surface area (Å²) in [4.78, 5) is 0. The van der Waals surface area contributed by atoms with Gasteiger partial charge in [0.05, 0.1) is 0 Å². The molecule has 0 saturated heterocycles. The summed E-state index contributed by atoms with van der Waals surface area (Å²) in [6, 6.07) is 11.5. The number of nitrogens with two attached hydrogens (primary N) is 1. The van der Waals surface area contributed by atoms with E-state index in [-0.39, 0.29) is 11.9 Å². The monoisotopic (exact) mass is 283 g/mol. The van der Waals surface area contributed by atoms with Crippen molar-refractivity contribution in [2.24, 2.45) is 5.73 Å². The van der Waals surface area contributed by atoms with Crippen LogP contribution in [0.5, 0.6) is 0 Å². The van der Waals surface area contributed by atoms with Gasteiger partial charge in [0.2, 0.25) is 0 Å². The van der Waals surface area contributed by atoms with Crippen LogP contribution >= 0.6 is 23.2 Å². The molecule has 0 heterocycles. The summed E-state index contributed by atoms with van der Waals surface area (Å²) in [5.74, 6) is -0.359. The highest BCUT2D eigenvalue weighted by Gasteiger charge is 2.11. The Bertz CT molecular complexity index is 540. The third-order valence-corrected chi connectivity index (χ3v) is 3.31. The third-order valence-electron chi connectivity index (χ3n) is 2.73. The van der Waals surface area contributed by atoms with Crippen molar-refractivity contribution in [1.82, 2.24) is 0 Å². The molecule has 0 aliphatic heterocycles. The lowest BCUT2D eigenvalue weighted by Crippen LogP contribution is -2.13. The first-order valence-electron chi connectivity index (χ1n) is 5.51. The van der Waals surface area contributed by atoms with E-state index in [0.717, 1.165) is 11.1 Å². The molecule has 0 aromatic heterocycles. The predicted molar refractivity (Wildman–Crippen MR) is 73.5 cm³/mol. The van der Waals surface area contributed by atoms with Crippen LogP contribution in [0, 0.1) is 5.82 Å². The average Bonchev–Trinajstić information content (AvgIpc) is 2.32. The fourth-order valence-electron chi connectivity index (χ4n) is 1.79. The minimum Gasteiger partial charge on any atom is -0.324 e. The van der Waals surface area contributed by atoms with Gasteiger partial charge in [-0.05, 0) is 41.8 Å². The lowest BCUT2D eigenvalue weighted by atomic mass is 10.00. The maximum Gasteiger partial charge on any atom is 0.124 e. The SMILES string of the molecule is NC(Cc1ccc(Cl)cc1)c1ccc(F)cc1Cl. The Morgan fingerprint density at radius 2 is 1.72 bits per heavy atom. The predicted octanol–water partition coefficient (Wildman–Crippen LogP) is 4.38. The van der Waals surface area contributed by atoms with Crippen LogP contribution in [0.25, 0.3) is 0 Å². The van der Waals surface area contributed by atoms with E-state index in [9.17, 15) is 4.39 Å². The van der Waals surface area contributed by atoms with Crippen molar-refractivity contribution in [3.05, 3.63) is 69.5 Å². The number of halogens is 3. The van der Waals surface area contributed by atoms with E-state index in [1.54, 1.807) is 6.07 Å².